The van der Waals surface area contributed by atoms with Gasteiger partial charge in [-0.1, -0.05) is 12.1 Å². The average Bonchev–Trinajstić information content (AvgIpc) is 2.94. The lowest BCUT2D eigenvalue weighted by Gasteiger charge is -2.34. The van der Waals surface area contributed by atoms with Crippen molar-refractivity contribution < 1.29 is 9.53 Å². The molecule has 2 heterocycles. The van der Waals surface area contributed by atoms with Gasteiger partial charge in [0.25, 0.3) is 0 Å². The number of para-hydroxylation sites is 1. The van der Waals surface area contributed by atoms with Crippen LogP contribution in [-0.2, 0) is 11.3 Å². The topological polar surface area (TPSA) is 54.5 Å². The van der Waals surface area contributed by atoms with Crippen LogP contribution in [0.5, 0.6) is 0 Å². The lowest BCUT2D eigenvalue weighted by molar-refractivity contribution is 0.0187. The van der Waals surface area contributed by atoms with E-state index in [4.69, 9.17) is 4.74 Å². The zero-order valence-electron chi connectivity index (χ0n) is 14.5. The summed E-state index contributed by atoms with van der Waals surface area (Å²) in [5.41, 5.74) is 0.608. The van der Waals surface area contributed by atoms with E-state index in [1.807, 2.05) is 43.9 Å². The van der Waals surface area contributed by atoms with Crippen LogP contribution in [0.25, 0.3) is 10.2 Å². The van der Waals surface area contributed by atoms with Gasteiger partial charge in [-0.3, -0.25) is 0 Å². The van der Waals surface area contributed by atoms with E-state index in [0.29, 0.717) is 12.6 Å². The quantitative estimate of drug-likeness (QED) is 0.918. The van der Waals surface area contributed by atoms with Crippen molar-refractivity contribution in [2.45, 2.75) is 51.8 Å². The van der Waals surface area contributed by atoms with Gasteiger partial charge in [0.2, 0.25) is 0 Å². The van der Waals surface area contributed by atoms with Crippen molar-refractivity contribution in [3.05, 3.63) is 29.3 Å². The molecule has 0 radical (unpaired) electrons. The first-order valence-corrected chi connectivity index (χ1v) is 9.28. The summed E-state index contributed by atoms with van der Waals surface area (Å²) in [5, 5.41) is 4.63. The van der Waals surface area contributed by atoms with Crippen molar-refractivity contribution in [3.63, 3.8) is 0 Å². The Morgan fingerprint density at radius 1 is 1.42 bits per heavy atom. The molecule has 24 heavy (non-hydrogen) atoms. The third kappa shape index (κ3) is 4.45. The minimum atomic E-state index is -0.446. The Morgan fingerprint density at radius 3 is 2.96 bits per heavy atom. The van der Waals surface area contributed by atoms with Crippen LogP contribution in [0.15, 0.2) is 24.3 Å². The molecule has 1 aromatic carbocycles. The van der Waals surface area contributed by atoms with Gasteiger partial charge in [-0.2, -0.15) is 0 Å². The van der Waals surface area contributed by atoms with Crippen LogP contribution in [-0.4, -0.2) is 40.7 Å². The summed E-state index contributed by atoms with van der Waals surface area (Å²) >= 11 is 1.72. The molecule has 3 rings (SSSR count). The van der Waals surface area contributed by atoms with Gasteiger partial charge >= 0.3 is 6.09 Å². The lowest BCUT2D eigenvalue weighted by Crippen LogP contribution is -2.49. The van der Waals surface area contributed by atoms with Crippen LogP contribution in [0, 0.1) is 0 Å². The summed E-state index contributed by atoms with van der Waals surface area (Å²) in [7, 11) is 0. The number of nitrogens with zero attached hydrogens (tertiary/aromatic N) is 2. The molecule has 0 bridgehead atoms. The van der Waals surface area contributed by atoms with E-state index in [1.165, 1.54) is 4.70 Å². The van der Waals surface area contributed by atoms with Gasteiger partial charge in [0.1, 0.15) is 10.6 Å². The molecule has 1 aliphatic rings. The molecule has 1 unspecified atom stereocenters. The number of hydrogen-bond acceptors (Lipinski definition) is 5. The fourth-order valence-corrected chi connectivity index (χ4v) is 3.78. The van der Waals surface area contributed by atoms with Gasteiger partial charge in [0.05, 0.1) is 10.2 Å². The first kappa shape index (κ1) is 17.2. The van der Waals surface area contributed by atoms with E-state index in [2.05, 4.69) is 16.4 Å². The monoisotopic (exact) mass is 347 g/mol. The molecule has 0 aliphatic carbocycles. The molecule has 1 aliphatic heterocycles. The molecule has 5 nitrogen and oxygen atoms in total. The number of carbonyl (C=O) groups excluding carboxylic acids is 1. The molecule has 1 atom stereocenters. The number of likely N-dealkylation sites (tertiary alicyclic amines) is 1. The number of rotatable bonds is 3. The molecule has 1 N–H and O–H groups in total. The maximum atomic E-state index is 12.2. The normalized spacial score (nSPS) is 18.8. The molecular weight excluding hydrogens is 322 g/mol. The van der Waals surface area contributed by atoms with E-state index in [-0.39, 0.29) is 6.09 Å². The highest BCUT2D eigenvalue weighted by atomic mass is 32.1. The fraction of sp³-hybridized carbons (Fsp3) is 0.556. The second kappa shape index (κ2) is 7.07. The largest absolute Gasteiger partial charge is 0.444 e. The van der Waals surface area contributed by atoms with Crippen LogP contribution in [0.4, 0.5) is 4.79 Å². The number of fused-ring (bicyclic) bond motifs is 1. The number of nitrogens with one attached hydrogen (secondary N) is 1. The smallest absolute Gasteiger partial charge is 0.410 e. The van der Waals surface area contributed by atoms with Crippen LogP contribution in [0.1, 0.15) is 38.6 Å². The Labute approximate surface area is 147 Å². The molecule has 2 aromatic rings. The summed E-state index contributed by atoms with van der Waals surface area (Å²) in [6, 6.07) is 8.48. The second-order valence-corrected chi connectivity index (χ2v) is 8.34. The van der Waals surface area contributed by atoms with Gasteiger partial charge in [0.15, 0.2) is 0 Å². The average molecular weight is 347 g/mol. The first-order chi connectivity index (χ1) is 11.4. The highest BCUT2D eigenvalue weighted by molar-refractivity contribution is 7.18. The number of aromatic nitrogens is 1. The predicted octanol–water partition coefficient (Wildman–Crippen LogP) is 3.79. The van der Waals surface area contributed by atoms with E-state index >= 15 is 0 Å². The summed E-state index contributed by atoms with van der Waals surface area (Å²) in [5.74, 6) is 0. The maximum Gasteiger partial charge on any atom is 0.410 e. The summed E-state index contributed by atoms with van der Waals surface area (Å²) in [6.45, 7) is 7.91. The van der Waals surface area contributed by atoms with Gasteiger partial charge in [0, 0.05) is 25.7 Å². The Morgan fingerprint density at radius 2 is 2.21 bits per heavy atom. The lowest BCUT2D eigenvalue weighted by atomic mass is 10.1. The van der Waals surface area contributed by atoms with Crippen molar-refractivity contribution in [2.24, 2.45) is 0 Å². The van der Waals surface area contributed by atoms with Gasteiger partial charge in [-0.15, -0.1) is 11.3 Å². The number of piperidine rings is 1. The van der Waals surface area contributed by atoms with Crippen molar-refractivity contribution in [3.8, 4) is 0 Å². The molecule has 1 saturated heterocycles. The van der Waals surface area contributed by atoms with Crippen molar-refractivity contribution in [1.29, 1.82) is 0 Å². The number of amides is 1. The van der Waals surface area contributed by atoms with Crippen LogP contribution < -0.4 is 5.32 Å². The highest BCUT2D eigenvalue weighted by Crippen LogP contribution is 2.22. The van der Waals surface area contributed by atoms with Crippen LogP contribution in [0.3, 0.4) is 0 Å². The Kier molecular flexibility index (Phi) is 5.06. The Balaban J connectivity index is 1.54. The molecule has 0 saturated carbocycles. The molecular formula is C18H25N3O2S. The zero-order chi connectivity index (χ0) is 17.2. The van der Waals surface area contributed by atoms with Crippen LogP contribution in [0.2, 0.25) is 0 Å². The van der Waals surface area contributed by atoms with E-state index in [9.17, 15) is 4.79 Å². The van der Waals surface area contributed by atoms with Crippen molar-refractivity contribution >= 4 is 27.6 Å². The van der Waals surface area contributed by atoms with Crippen molar-refractivity contribution in [2.75, 3.05) is 13.1 Å². The summed E-state index contributed by atoms with van der Waals surface area (Å²) < 4.78 is 6.69. The fourth-order valence-electron chi connectivity index (χ4n) is 2.86. The predicted molar refractivity (Wildman–Crippen MR) is 97.3 cm³/mol. The van der Waals surface area contributed by atoms with Gasteiger partial charge < -0.3 is 15.0 Å². The summed E-state index contributed by atoms with van der Waals surface area (Å²) in [4.78, 5) is 18.7. The zero-order valence-corrected chi connectivity index (χ0v) is 15.4. The molecule has 6 heteroatoms. The molecule has 1 aromatic heterocycles. The van der Waals surface area contributed by atoms with Crippen molar-refractivity contribution in [1.82, 2.24) is 15.2 Å². The number of ether oxygens (including phenoxy) is 1. The van der Waals surface area contributed by atoms with E-state index in [1.54, 1.807) is 11.3 Å². The molecule has 1 fully saturated rings. The Bertz CT molecular complexity index is 675. The minimum Gasteiger partial charge on any atom is -0.444 e. The van der Waals surface area contributed by atoms with E-state index < -0.39 is 5.60 Å². The number of benzene rings is 1. The third-order valence-electron chi connectivity index (χ3n) is 3.95. The van der Waals surface area contributed by atoms with Gasteiger partial charge in [-0.25, -0.2) is 9.78 Å². The minimum absolute atomic E-state index is 0.214. The number of hydrogen-bond donors (Lipinski definition) is 1. The molecule has 1 amide bonds. The Hall–Kier alpha value is -1.66. The molecule has 0 spiro atoms. The van der Waals surface area contributed by atoms with Crippen LogP contribution >= 0.6 is 11.3 Å². The van der Waals surface area contributed by atoms with Gasteiger partial charge in [-0.05, 0) is 45.7 Å². The first-order valence-electron chi connectivity index (χ1n) is 8.46. The van der Waals surface area contributed by atoms with E-state index in [0.717, 1.165) is 36.5 Å². The third-order valence-corrected chi connectivity index (χ3v) is 4.99. The second-order valence-electron chi connectivity index (χ2n) is 7.22. The molecule has 130 valence electrons. The SMILES string of the molecule is CC(C)(C)OC(=O)N1CCCC(NCc2nc3ccccc3s2)C1. The summed E-state index contributed by atoms with van der Waals surface area (Å²) in [6.07, 6.45) is 1.86. The maximum absolute atomic E-state index is 12.2. The standard InChI is InChI=1S/C18H25N3O2S/c1-18(2,3)23-17(22)21-10-6-7-13(12-21)19-11-16-20-14-8-4-5-9-15(14)24-16/h4-5,8-9,13,19H,6-7,10-12H2,1-3H3. The number of carbonyl (C=O) groups is 1. The number of thiazole rings is 1. The highest BCUT2D eigenvalue weighted by Gasteiger charge is 2.27.